The van der Waals surface area contributed by atoms with Crippen molar-refractivity contribution in [3.63, 3.8) is 0 Å². The van der Waals surface area contributed by atoms with Crippen molar-refractivity contribution in [1.82, 2.24) is 19.1 Å². The van der Waals surface area contributed by atoms with Crippen molar-refractivity contribution in [2.24, 2.45) is 0 Å². The van der Waals surface area contributed by atoms with Crippen LogP contribution in [-0.2, 0) is 16.1 Å². The standard InChI is InChI=1S/C13H17N5O5/c14-12-11-13(16-5-17(12)2-1-10(21)22)18(6-15-11)9-3-7(20)8(4-19)23-9/h5-9,14,19-20H,1-4H2,(H,21,22)/t7-,8+,9+/m0/s1. The van der Waals surface area contributed by atoms with Gasteiger partial charge in [-0.1, -0.05) is 0 Å². The van der Waals surface area contributed by atoms with Crippen LogP contribution in [-0.4, -0.2) is 59.2 Å². The number of aromatic nitrogens is 4. The highest BCUT2D eigenvalue weighted by atomic mass is 16.5. The summed E-state index contributed by atoms with van der Waals surface area (Å²) in [4.78, 5) is 19.0. The number of aryl methyl sites for hydroxylation is 1. The lowest BCUT2D eigenvalue weighted by Gasteiger charge is -2.13. The number of carboxylic acid groups (broad SMARTS) is 1. The third kappa shape index (κ3) is 2.83. The van der Waals surface area contributed by atoms with Crippen LogP contribution in [0.5, 0.6) is 0 Å². The van der Waals surface area contributed by atoms with Crippen LogP contribution in [0.3, 0.4) is 0 Å². The Hall–Kier alpha value is -2.30. The van der Waals surface area contributed by atoms with Gasteiger partial charge in [0.1, 0.15) is 17.8 Å². The van der Waals surface area contributed by atoms with Crippen molar-refractivity contribution in [2.75, 3.05) is 6.61 Å². The van der Waals surface area contributed by atoms with Gasteiger partial charge in [-0.2, -0.15) is 0 Å². The van der Waals surface area contributed by atoms with Gasteiger partial charge in [-0.15, -0.1) is 0 Å². The molecule has 0 amide bonds. The van der Waals surface area contributed by atoms with E-state index in [1.807, 2.05) is 0 Å². The summed E-state index contributed by atoms with van der Waals surface area (Å²) in [5.41, 5.74) is 0.799. The first kappa shape index (κ1) is 15.6. The largest absolute Gasteiger partial charge is 0.481 e. The van der Waals surface area contributed by atoms with Crippen molar-refractivity contribution in [1.29, 1.82) is 5.41 Å². The Kier molecular flexibility index (Phi) is 4.11. The fraction of sp³-hybridized carbons (Fsp3) is 0.538. The second-order valence-corrected chi connectivity index (χ2v) is 5.37. The Morgan fingerprint density at radius 3 is 2.87 bits per heavy atom. The Morgan fingerprint density at radius 1 is 1.43 bits per heavy atom. The topological polar surface area (TPSA) is 146 Å². The second-order valence-electron chi connectivity index (χ2n) is 5.37. The molecule has 124 valence electrons. The zero-order valence-corrected chi connectivity index (χ0v) is 12.2. The Labute approximate surface area is 130 Å². The van der Waals surface area contributed by atoms with Crippen LogP contribution in [0.4, 0.5) is 0 Å². The lowest BCUT2D eigenvalue weighted by molar-refractivity contribution is -0.137. The minimum absolute atomic E-state index is 0.0623. The molecule has 0 unspecified atom stereocenters. The number of imidazole rings is 1. The number of rotatable bonds is 5. The number of nitrogens with zero attached hydrogens (tertiary/aromatic N) is 4. The van der Waals surface area contributed by atoms with Crippen LogP contribution in [0.15, 0.2) is 12.7 Å². The monoisotopic (exact) mass is 323 g/mol. The van der Waals surface area contributed by atoms with Crippen molar-refractivity contribution in [2.45, 2.75) is 37.8 Å². The molecule has 4 N–H and O–H groups in total. The van der Waals surface area contributed by atoms with E-state index in [1.165, 1.54) is 17.2 Å². The molecule has 0 bridgehead atoms. The smallest absolute Gasteiger partial charge is 0.305 e. The van der Waals surface area contributed by atoms with Gasteiger partial charge in [0.25, 0.3) is 0 Å². The van der Waals surface area contributed by atoms with E-state index in [4.69, 9.17) is 20.4 Å². The highest BCUT2D eigenvalue weighted by Crippen LogP contribution is 2.29. The third-order valence-corrected chi connectivity index (χ3v) is 3.86. The van der Waals surface area contributed by atoms with Gasteiger partial charge in [-0.25, -0.2) is 9.97 Å². The van der Waals surface area contributed by atoms with Gasteiger partial charge in [0, 0.05) is 13.0 Å². The summed E-state index contributed by atoms with van der Waals surface area (Å²) in [7, 11) is 0. The minimum Gasteiger partial charge on any atom is -0.481 e. The molecule has 0 spiro atoms. The van der Waals surface area contributed by atoms with Crippen LogP contribution in [0.1, 0.15) is 19.1 Å². The summed E-state index contributed by atoms with van der Waals surface area (Å²) < 4.78 is 8.58. The molecule has 10 nitrogen and oxygen atoms in total. The average Bonchev–Trinajstić information content (AvgIpc) is 3.10. The fourth-order valence-electron chi connectivity index (χ4n) is 2.61. The predicted octanol–water partition coefficient (Wildman–Crippen LogP) is -1.17. The van der Waals surface area contributed by atoms with Crippen LogP contribution in [0, 0.1) is 5.41 Å². The number of aliphatic hydroxyl groups excluding tert-OH is 2. The van der Waals surface area contributed by atoms with E-state index in [1.54, 1.807) is 4.57 Å². The molecule has 2 aromatic rings. The molecular formula is C13H17N5O5. The number of carboxylic acids is 1. The Bertz CT molecular complexity index is 785. The molecule has 23 heavy (non-hydrogen) atoms. The third-order valence-electron chi connectivity index (χ3n) is 3.86. The Balaban J connectivity index is 1.92. The number of aliphatic hydroxyl groups is 2. The first-order valence-corrected chi connectivity index (χ1v) is 7.14. The molecule has 3 atom stereocenters. The first-order valence-electron chi connectivity index (χ1n) is 7.14. The van der Waals surface area contributed by atoms with Crippen molar-refractivity contribution in [3.8, 4) is 0 Å². The van der Waals surface area contributed by atoms with Crippen LogP contribution in [0.2, 0.25) is 0 Å². The highest BCUT2D eigenvalue weighted by Gasteiger charge is 2.35. The molecule has 1 fully saturated rings. The number of nitrogens with one attached hydrogen (secondary N) is 1. The van der Waals surface area contributed by atoms with E-state index in [0.29, 0.717) is 17.6 Å². The molecule has 1 aliphatic heterocycles. The van der Waals surface area contributed by atoms with Gasteiger partial charge in [0.05, 0.1) is 31.8 Å². The molecule has 3 heterocycles. The number of fused-ring (bicyclic) bond motifs is 1. The molecule has 0 saturated carbocycles. The molecule has 0 aliphatic carbocycles. The number of ether oxygens (including phenoxy) is 1. The van der Waals surface area contributed by atoms with Gasteiger partial charge in [-0.3, -0.25) is 14.8 Å². The number of carbonyl (C=O) groups is 1. The quantitative estimate of drug-likeness (QED) is 0.542. The highest BCUT2D eigenvalue weighted by molar-refractivity contribution is 5.69. The fourth-order valence-corrected chi connectivity index (χ4v) is 2.61. The molecular weight excluding hydrogens is 306 g/mol. The van der Waals surface area contributed by atoms with E-state index in [9.17, 15) is 9.90 Å². The van der Waals surface area contributed by atoms with Crippen molar-refractivity contribution < 1.29 is 24.9 Å². The minimum atomic E-state index is -0.953. The maximum absolute atomic E-state index is 10.6. The summed E-state index contributed by atoms with van der Waals surface area (Å²) in [6.45, 7) is -0.147. The van der Waals surface area contributed by atoms with Crippen molar-refractivity contribution in [3.05, 3.63) is 18.1 Å². The zero-order chi connectivity index (χ0) is 16.6. The average molecular weight is 323 g/mol. The number of aliphatic carboxylic acids is 1. The van der Waals surface area contributed by atoms with E-state index in [2.05, 4.69) is 9.97 Å². The van der Waals surface area contributed by atoms with Gasteiger partial charge in [0.15, 0.2) is 11.1 Å². The van der Waals surface area contributed by atoms with E-state index in [-0.39, 0.29) is 25.1 Å². The molecule has 0 aromatic carbocycles. The molecule has 2 aromatic heterocycles. The Morgan fingerprint density at radius 2 is 2.22 bits per heavy atom. The molecule has 3 rings (SSSR count). The van der Waals surface area contributed by atoms with E-state index >= 15 is 0 Å². The van der Waals surface area contributed by atoms with Gasteiger partial charge in [0.2, 0.25) is 0 Å². The summed E-state index contributed by atoms with van der Waals surface area (Å²) in [6.07, 6.45) is 1.09. The SMILES string of the molecule is N=c1c2ncn([C@H]3C[C@H](O)[C@@H](CO)O3)c2ncn1CCC(=O)O. The van der Waals surface area contributed by atoms with Crippen LogP contribution in [0.25, 0.3) is 11.2 Å². The summed E-state index contributed by atoms with van der Waals surface area (Å²) in [5, 5.41) is 35.8. The lowest BCUT2D eigenvalue weighted by Crippen LogP contribution is -2.24. The summed E-state index contributed by atoms with van der Waals surface area (Å²) in [5.74, 6) is -0.953. The number of hydrogen-bond acceptors (Lipinski definition) is 7. The second kappa shape index (κ2) is 6.07. The van der Waals surface area contributed by atoms with Crippen LogP contribution < -0.4 is 5.49 Å². The first-order chi connectivity index (χ1) is 11.0. The number of hydrogen-bond donors (Lipinski definition) is 4. The van der Waals surface area contributed by atoms with E-state index < -0.39 is 24.4 Å². The predicted molar refractivity (Wildman–Crippen MR) is 75.2 cm³/mol. The zero-order valence-electron chi connectivity index (χ0n) is 12.2. The van der Waals surface area contributed by atoms with E-state index in [0.717, 1.165) is 0 Å². The van der Waals surface area contributed by atoms with Gasteiger partial charge >= 0.3 is 5.97 Å². The summed E-state index contributed by atoms with van der Waals surface area (Å²) >= 11 is 0. The lowest BCUT2D eigenvalue weighted by atomic mass is 10.2. The maximum atomic E-state index is 10.6. The van der Waals surface area contributed by atoms with Gasteiger partial charge < -0.3 is 24.6 Å². The normalized spacial score (nSPS) is 24.3. The molecule has 1 saturated heterocycles. The molecule has 0 radical (unpaired) electrons. The summed E-state index contributed by atoms with van der Waals surface area (Å²) in [6, 6.07) is 0. The van der Waals surface area contributed by atoms with Crippen LogP contribution >= 0.6 is 0 Å². The maximum Gasteiger partial charge on any atom is 0.305 e. The molecule has 10 heteroatoms. The van der Waals surface area contributed by atoms with Gasteiger partial charge in [-0.05, 0) is 0 Å². The molecule has 1 aliphatic rings. The van der Waals surface area contributed by atoms with Crippen molar-refractivity contribution >= 4 is 17.1 Å².